The zero-order valence-corrected chi connectivity index (χ0v) is 11.9. The number of benzene rings is 1. The third-order valence-corrected chi connectivity index (χ3v) is 3.80. The van der Waals surface area contributed by atoms with Gasteiger partial charge in [-0.05, 0) is 11.1 Å². The van der Waals surface area contributed by atoms with Gasteiger partial charge in [0.15, 0.2) is 0 Å². The number of carbonyl (C=O) groups is 1. The van der Waals surface area contributed by atoms with Crippen LogP contribution in [0.15, 0.2) is 24.3 Å². The molecule has 1 aliphatic rings. The highest BCUT2D eigenvalue weighted by atomic mass is 16.5. The molecule has 2 rings (SSSR count). The SMILES string of the molecule is COC1(CNC(=O)Cc2ccccc2CN)CCOC1. The molecule has 110 valence electrons. The first kappa shape index (κ1) is 15.0. The van der Waals surface area contributed by atoms with Crippen molar-refractivity contribution in [3.05, 3.63) is 35.4 Å². The lowest BCUT2D eigenvalue weighted by Gasteiger charge is -2.25. The van der Waals surface area contributed by atoms with E-state index in [2.05, 4.69) is 5.32 Å². The predicted molar refractivity (Wildman–Crippen MR) is 76.2 cm³/mol. The van der Waals surface area contributed by atoms with Crippen molar-refractivity contribution in [3.63, 3.8) is 0 Å². The van der Waals surface area contributed by atoms with Gasteiger partial charge >= 0.3 is 0 Å². The van der Waals surface area contributed by atoms with Gasteiger partial charge in [0.2, 0.25) is 5.91 Å². The van der Waals surface area contributed by atoms with Crippen molar-refractivity contribution < 1.29 is 14.3 Å². The van der Waals surface area contributed by atoms with Crippen LogP contribution < -0.4 is 11.1 Å². The summed E-state index contributed by atoms with van der Waals surface area (Å²) in [5.41, 5.74) is 7.28. The van der Waals surface area contributed by atoms with E-state index in [9.17, 15) is 4.79 Å². The summed E-state index contributed by atoms with van der Waals surface area (Å²) < 4.78 is 10.8. The second-order valence-corrected chi connectivity index (χ2v) is 5.12. The maximum Gasteiger partial charge on any atom is 0.224 e. The van der Waals surface area contributed by atoms with Crippen LogP contribution in [0.2, 0.25) is 0 Å². The van der Waals surface area contributed by atoms with Crippen molar-refractivity contribution >= 4 is 5.91 Å². The molecule has 0 aliphatic carbocycles. The Balaban J connectivity index is 1.89. The Labute approximate surface area is 119 Å². The van der Waals surface area contributed by atoms with Crippen LogP contribution in [0.1, 0.15) is 17.5 Å². The molecule has 1 aromatic carbocycles. The van der Waals surface area contributed by atoms with Crippen LogP contribution in [0.3, 0.4) is 0 Å². The van der Waals surface area contributed by atoms with Crippen LogP contribution in [-0.4, -0.2) is 38.4 Å². The second-order valence-electron chi connectivity index (χ2n) is 5.12. The van der Waals surface area contributed by atoms with E-state index in [0.717, 1.165) is 17.5 Å². The minimum absolute atomic E-state index is 0.0192. The fourth-order valence-corrected chi connectivity index (χ4v) is 2.39. The first-order valence-corrected chi connectivity index (χ1v) is 6.85. The number of carbonyl (C=O) groups excluding carboxylic acids is 1. The average molecular weight is 278 g/mol. The summed E-state index contributed by atoms with van der Waals surface area (Å²) in [5.74, 6) is -0.0192. The minimum atomic E-state index is -0.372. The smallest absolute Gasteiger partial charge is 0.224 e. The van der Waals surface area contributed by atoms with Gasteiger partial charge in [0.05, 0.1) is 13.0 Å². The summed E-state index contributed by atoms with van der Waals surface area (Å²) in [4.78, 5) is 12.0. The van der Waals surface area contributed by atoms with Crippen molar-refractivity contribution in [1.29, 1.82) is 0 Å². The van der Waals surface area contributed by atoms with Crippen molar-refractivity contribution in [3.8, 4) is 0 Å². The van der Waals surface area contributed by atoms with E-state index in [4.69, 9.17) is 15.2 Å². The summed E-state index contributed by atoms with van der Waals surface area (Å²) in [6.07, 6.45) is 1.15. The van der Waals surface area contributed by atoms with Crippen LogP contribution in [0, 0.1) is 0 Å². The fourth-order valence-electron chi connectivity index (χ4n) is 2.39. The largest absolute Gasteiger partial charge is 0.378 e. The molecule has 0 spiro atoms. The molecular formula is C15H22N2O3. The number of hydrogen-bond donors (Lipinski definition) is 2. The molecule has 0 radical (unpaired) electrons. The number of nitrogens with one attached hydrogen (secondary N) is 1. The number of ether oxygens (including phenoxy) is 2. The van der Waals surface area contributed by atoms with Gasteiger partial charge in [-0.3, -0.25) is 4.79 Å². The van der Waals surface area contributed by atoms with Crippen molar-refractivity contribution in [2.24, 2.45) is 5.73 Å². The first-order valence-electron chi connectivity index (χ1n) is 6.85. The highest BCUT2D eigenvalue weighted by molar-refractivity contribution is 5.79. The number of methoxy groups -OCH3 is 1. The summed E-state index contributed by atoms with van der Waals surface area (Å²) in [5, 5.41) is 2.93. The Bertz CT molecular complexity index is 456. The third kappa shape index (κ3) is 3.56. The summed E-state index contributed by atoms with van der Waals surface area (Å²) >= 11 is 0. The Hall–Kier alpha value is -1.43. The molecule has 0 saturated carbocycles. The fraction of sp³-hybridized carbons (Fsp3) is 0.533. The zero-order chi connectivity index (χ0) is 14.4. The van der Waals surface area contributed by atoms with Crippen molar-refractivity contribution in [1.82, 2.24) is 5.32 Å². The highest BCUT2D eigenvalue weighted by Gasteiger charge is 2.35. The molecule has 1 unspecified atom stereocenters. The minimum Gasteiger partial charge on any atom is -0.378 e. The molecular weight excluding hydrogens is 256 g/mol. The van der Waals surface area contributed by atoms with E-state index in [1.807, 2.05) is 24.3 Å². The average Bonchev–Trinajstić information content (AvgIpc) is 2.95. The van der Waals surface area contributed by atoms with Gasteiger partial charge in [-0.25, -0.2) is 0 Å². The third-order valence-electron chi connectivity index (χ3n) is 3.80. The van der Waals surface area contributed by atoms with Crippen molar-refractivity contribution in [2.45, 2.75) is 25.0 Å². The Morgan fingerprint density at radius 1 is 1.45 bits per heavy atom. The molecule has 0 aromatic heterocycles. The topological polar surface area (TPSA) is 73.6 Å². The molecule has 1 amide bonds. The van der Waals surface area contributed by atoms with E-state index in [-0.39, 0.29) is 11.5 Å². The lowest BCUT2D eigenvalue weighted by atomic mass is 10.0. The van der Waals surface area contributed by atoms with E-state index < -0.39 is 0 Å². The van der Waals surface area contributed by atoms with Crippen LogP contribution in [-0.2, 0) is 27.2 Å². The van der Waals surface area contributed by atoms with Gasteiger partial charge in [0.1, 0.15) is 5.60 Å². The molecule has 1 aliphatic heterocycles. The molecule has 20 heavy (non-hydrogen) atoms. The lowest BCUT2D eigenvalue weighted by Crippen LogP contribution is -2.45. The standard InChI is InChI=1S/C15H22N2O3/c1-19-15(6-7-20-11-15)10-17-14(18)8-12-4-2-3-5-13(12)9-16/h2-5H,6-11,16H2,1H3,(H,17,18). The van der Waals surface area contributed by atoms with Gasteiger partial charge in [-0.1, -0.05) is 24.3 Å². The first-order chi connectivity index (χ1) is 9.69. The van der Waals surface area contributed by atoms with Gasteiger partial charge in [-0.2, -0.15) is 0 Å². The van der Waals surface area contributed by atoms with Crippen molar-refractivity contribution in [2.75, 3.05) is 26.9 Å². The molecule has 5 nitrogen and oxygen atoms in total. The van der Waals surface area contributed by atoms with Gasteiger partial charge in [-0.15, -0.1) is 0 Å². The Morgan fingerprint density at radius 2 is 2.20 bits per heavy atom. The summed E-state index contributed by atoms with van der Waals surface area (Å²) in [7, 11) is 1.66. The van der Waals surface area contributed by atoms with Crippen LogP contribution >= 0.6 is 0 Å². The van der Waals surface area contributed by atoms with E-state index in [0.29, 0.717) is 32.7 Å². The van der Waals surface area contributed by atoms with Gasteiger partial charge < -0.3 is 20.5 Å². The highest BCUT2D eigenvalue weighted by Crippen LogP contribution is 2.21. The number of amides is 1. The van der Waals surface area contributed by atoms with E-state index in [1.165, 1.54) is 0 Å². The number of rotatable bonds is 6. The van der Waals surface area contributed by atoms with Gasteiger partial charge in [0.25, 0.3) is 0 Å². The van der Waals surface area contributed by atoms with Crippen LogP contribution in [0.4, 0.5) is 0 Å². The molecule has 1 aromatic rings. The summed E-state index contributed by atoms with van der Waals surface area (Å²) in [6, 6.07) is 7.74. The number of nitrogens with two attached hydrogens (primary N) is 1. The monoisotopic (exact) mass is 278 g/mol. The maximum absolute atomic E-state index is 12.0. The maximum atomic E-state index is 12.0. The molecule has 5 heteroatoms. The zero-order valence-electron chi connectivity index (χ0n) is 11.9. The van der Waals surface area contributed by atoms with Gasteiger partial charge in [0, 0.05) is 33.2 Å². The predicted octanol–water partition coefficient (Wildman–Crippen LogP) is 0.609. The second kappa shape index (κ2) is 6.83. The summed E-state index contributed by atoms with van der Waals surface area (Å²) in [6.45, 7) is 2.13. The molecule has 1 atom stereocenters. The molecule has 1 saturated heterocycles. The molecule has 1 fully saturated rings. The van der Waals surface area contributed by atoms with E-state index in [1.54, 1.807) is 7.11 Å². The quantitative estimate of drug-likeness (QED) is 0.799. The lowest BCUT2D eigenvalue weighted by molar-refractivity contribution is -0.122. The normalized spacial score (nSPS) is 21.9. The van der Waals surface area contributed by atoms with E-state index >= 15 is 0 Å². The van der Waals surface area contributed by atoms with Crippen LogP contribution in [0.5, 0.6) is 0 Å². The van der Waals surface area contributed by atoms with Crippen LogP contribution in [0.25, 0.3) is 0 Å². The molecule has 0 bridgehead atoms. The molecule has 3 N–H and O–H groups in total. The molecule has 1 heterocycles. The Morgan fingerprint density at radius 3 is 2.80 bits per heavy atom. The Kier molecular flexibility index (Phi) is 5.11. The number of hydrogen-bond acceptors (Lipinski definition) is 4.